The zero-order valence-electron chi connectivity index (χ0n) is 36.4. The normalized spacial score (nSPS) is 12.7. The van der Waals surface area contributed by atoms with E-state index in [-0.39, 0.29) is 29.7 Å². The van der Waals surface area contributed by atoms with Crippen LogP contribution < -0.4 is 4.90 Å². The standard InChI is InChI=1S/C56H38N2/c1-3-13-39(14-4-1)42-23-29-46(30-24-42)57(47-31-25-43(26-32-47)40-15-5-2-6-16-40)55-36-34-49(50-19-9-10-20-51(50)55)45-28-35-56-53(38-45)52-21-11-12-22-54(52)58(56)48-33-27-41-17-7-8-18-44(41)37-48/h1-38H/i1D,3D,4D,13D,14D. The predicted molar refractivity (Wildman–Crippen MR) is 247 cm³/mol. The Labute approximate surface area is 345 Å². The molecule has 10 aromatic carbocycles. The minimum absolute atomic E-state index is 0.179. The van der Waals surface area contributed by atoms with Crippen LogP contribution >= 0.6 is 0 Å². The molecule has 2 heteroatoms. The highest BCUT2D eigenvalue weighted by molar-refractivity contribution is 6.12. The van der Waals surface area contributed by atoms with Crippen molar-refractivity contribution in [1.82, 2.24) is 4.57 Å². The van der Waals surface area contributed by atoms with E-state index in [1.165, 1.54) is 21.5 Å². The number of hydrogen-bond acceptors (Lipinski definition) is 1. The van der Waals surface area contributed by atoms with Crippen molar-refractivity contribution in [2.75, 3.05) is 4.90 Å². The van der Waals surface area contributed by atoms with Gasteiger partial charge in [-0.25, -0.2) is 0 Å². The number of benzene rings is 10. The van der Waals surface area contributed by atoms with Gasteiger partial charge in [-0.1, -0.05) is 170 Å². The molecule has 2 nitrogen and oxygen atoms in total. The molecule has 0 aliphatic carbocycles. The van der Waals surface area contributed by atoms with Gasteiger partial charge in [0.05, 0.1) is 23.6 Å². The van der Waals surface area contributed by atoms with E-state index in [0.29, 0.717) is 5.56 Å². The fourth-order valence-electron chi connectivity index (χ4n) is 8.50. The number of aromatic nitrogens is 1. The third-order valence-corrected chi connectivity index (χ3v) is 11.3. The van der Waals surface area contributed by atoms with E-state index in [1.54, 1.807) is 0 Å². The van der Waals surface area contributed by atoms with Crippen LogP contribution in [0.25, 0.3) is 82.4 Å². The lowest BCUT2D eigenvalue weighted by Gasteiger charge is -2.28. The number of rotatable bonds is 7. The second-order valence-corrected chi connectivity index (χ2v) is 14.6. The van der Waals surface area contributed by atoms with E-state index in [4.69, 9.17) is 6.85 Å². The molecule has 1 aromatic heterocycles. The summed E-state index contributed by atoms with van der Waals surface area (Å²) in [4.78, 5) is 2.23. The van der Waals surface area contributed by atoms with Crippen LogP contribution in [0.3, 0.4) is 0 Å². The summed E-state index contributed by atoms with van der Waals surface area (Å²) in [7, 11) is 0. The van der Waals surface area contributed by atoms with Crippen molar-refractivity contribution in [3.05, 3.63) is 230 Å². The first-order valence-electron chi connectivity index (χ1n) is 22.0. The Balaban J connectivity index is 1.06. The van der Waals surface area contributed by atoms with E-state index in [0.717, 1.165) is 66.8 Å². The lowest BCUT2D eigenvalue weighted by Crippen LogP contribution is -2.10. The van der Waals surface area contributed by atoms with E-state index in [2.05, 4.69) is 167 Å². The molecule has 0 saturated carbocycles. The summed E-state index contributed by atoms with van der Waals surface area (Å²) in [5.74, 6) is 0. The van der Waals surface area contributed by atoms with Crippen LogP contribution in [0.2, 0.25) is 0 Å². The monoisotopic (exact) mass is 743 g/mol. The van der Waals surface area contributed by atoms with E-state index in [1.807, 2.05) is 42.5 Å². The van der Waals surface area contributed by atoms with Crippen molar-refractivity contribution in [3.8, 4) is 39.1 Å². The molecule has 0 N–H and O–H groups in total. The lowest BCUT2D eigenvalue weighted by atomic mass is 9.95. The molecule has 11 rings (SSSR count). The Morgan fingerprint density at radius 2 is 0.948 bits per heavy atom. The minimum atomic E-state index is -0.404. The Hall–Kier alpha value is -7.68. The molecule has 0 spiro atoms. The molecule has 1 heterocycles. The first-order chi connectivity index (χ1) is 30.8. The molecule has 11 aromatic rings. The van der Waals surface area contributed by atoms with Crippen LogP contribution in [0.4, 0.5) is 17.1 Å². The second-order valence-electron chi connectivity index (χ2n) is 14.6. The Morgan fingerprint density at radius 3 is 1.71 bits per heavy atom. The molecule has 0 amide bonds. The van der Waals surface area contributed by atoms with Crippen molar-refractivity contribution in [3.63, 3.8) is 0 Å². The molecule has 58 heavy (non-hydrogen) atoms. The highest BCUT2D eigenvalue weighted by Crippen LogP contribution is 2.44. The lowest BCUT2D eigenvalue weighted by molar-refractivity contribution is 1.19. The maximum absolute atomic E-state index is 8.62. The van der Waals surface area contributed by atoms with Crippen LogP contribution in [-0.2, 0) is 0 Å². The van der Waals surface area contributed by atoms with Gasteiger partial charge < -0.3 is 9.47 Å². The highest BCUT2D eigenvalue weighted by Gasteiger charge is 2.19. The molecule has 0 bridgehead atoms. The van der Waals surface area contributed by atoms with Gasteiger partial charge in [0.2, 0.25) is 0 Å². The molecule has 0 unspecified atom stereocenters. The van der Waals surface area contributed by atoms with Gasteiger partial charge in [0.25, 0.3) is 0 Å². The summed E-state index contributed by atoms with van der Waals surface area (Å²) in [6, 6.07) is 68.5. The minimum Gasteiger partial charge on any atom is -0.310 e. The fraction of sp³-hybridized carbons (Fsp3) is 0. The van der Waals surface area contributed by atoms with Crippen molar-refractivity contribution < 1.29 is 6.85 Å². The van der Waals surface area contributed by atoms with Gasteiger partial charge in [0.1, 0.15) is 0 Å². The molecule has 0 aliphatic rings. The average Bonchev–Trinajstić information content (AvgIpc) is 3.67. The molecular formula is C56H38N2. The fourth-order valence-corrected chi connectivity index (χ4v) is 8.50. The second kappa shape index (κ2) is 14.1. The Morgan fingerprint density at radius 1 is 0.362 bits per heavy atom. The highest BCUT2D eigenvalue weighted by atomic mass is 15.1. The number of nitrogens with zero attached hydrogens (tertiary/aromatic N) is 2. The molecule has 0 radical (unpaired) electrons. The molecule has 0 aliphatic heterocycles. The van der Waals surface area contributed by atoms with Gasteiger partial charge in [0, 0.05) is 33.2 Å². The summed E-state index contributed by atoms with van der Waals surface area (Å²) in [6.07, 6.45) is 0. The smallest absolute Gasteiger partial charge is 0.0629 e. The summed E-state index contributed by atoms with van der Waals surface area (Å²) in [5.41, 5.74) is 11.4. The predicted octanol–water partition coefficient (Wildman–Crippen LogP) is 15.6. The van der Waals surface area contributed by atoms with Gasteiger partial charge >= 0.3 is 0 Å². The van der Waals surface area contributed by atoms with Crippen LogP contribution in [0.15, 0.2) is 230 Å². The summed E-state index contributed by atoms with van der Waals surface area (Å²) in [6.45, 7) is 0. The zero-order valence-corrected chi connectivity index (χ0v) is 31.4. The van der Waals surface area contributed by atoms with E-state index in [9.17, 15) is 0 Å². The van der Waals surface area contributed by atoms with Gasteiger partial charge in [-0.05, 0) is 110 Å². The summed E-state index contributed by atoms with van der Waals surface area (Å²) < 4.78 is 44.3. The molecule has 272 valence electrons. The topological polar surface area (TPSA) is 8.17 Å². The zero-order chi connectivity index (χ0) is 42.8. The third-order valence-electron chi connectivity index (χ3n) is 11.3. The van der Waals surface area contributed by atoms with Gasteiger partial charge in [-0.2, -0.15) is 0 Å². The van der Waals surface area contributed by atoms with Crippen molar-refractivity contribution in [2.24, 2.45) is 0 Å². The van der Waals surface area contributed by atoms with E-state index >= 15 is 0 Å². The van der Waals surface area contributed by atoms with Crippen molar-refractivity contribution in [1.29, 1.82) is 0 Å². The van der Waals surface area contributed by atoms with Crippen LogP contribution in [0, 0.1) is 0 Å². The van der Waals surface area contributed by atoms with Crippen LogP contribution in [0.1, 0.15) is 6.85 Å². The van der Waals surface area contributed by atoms with Crippen LogP contribution in [0.5, 0.6) is 0 Å². The molecule has 0 fully saturated rings. The largest absolute Gasteiger partial charge is 0.310 e. The molecule has 0 atom stereocenters. The maximum atomic E-state index is 8.62. The Bertz CT molecular complexity index is 3530. The molecule has 0 saturated heterocycles. The number of anilines is 3. The SMILES string of the molecule is [2H]c1c([2H])c([2H])c(-c2ccc(N(c3ccc(-c4ccccc4)cc3)c3ccc(-c4ccc5c(c4)c4ccccc4n5-c4ccc5ccccc5c4)c4ccccc34)cc2)c([2H])c1[2H]. The van der Waals surface area contributed by atoms with Crippen molar-refractivity contribution in [2.45, 2.75) is 0 Å². The quantitative estimate of drug-likeness (QED) is 0.158. The first kappa shape index (κ1) is 28.7. The van der Waals surface area contributed by atoms with Crippen molar-refractivity contribution >= 4 is 60.4 Å². The summed E-state index contributed by atoms with van der Waals surface area (Å²) in [5, 5.41) is 6.97. The average molecular weight is 744 g/mol. The van der Waals surface area contributed by atoms with Crippen LogP contribution in [-0.4, -0.2) is 4.57 Å². The maximum Gasteiger partial charge on any atom is 0.0629 e. The molecular weight excluding hydrogens is 701 g/mol. The first-order valence-corrected chi connectivity index (χ1v) is 19.5. The van der Waals surface area contributed by atoms with Gasteiger partial charge in [-0.15, -0.1) is 0 Å². The summed E-state index contributed by atoms with van der Waals surface area (Å²) >= 11 is 0. The number of fused-ring (bicyclic) bond motifs is 5. The van der Waals surface area contributed by atoms with Gasteiger partial charge in [0.15, 0.2) is 0 Å². The van der Waals surface area contributed by atoms with Gasteiger partial charge in [-0.3, -0.25) is 0 Å². The number of para-hydroxylation sites is 1. The number of hydrogen-bond donors (Lipinski definition) is 0. The third kappa shape index (κ3) is 5.82. The Kier molecular flexibility index (Phi) is 6.98. The van der Waals surface area contributed by atoms with E-state index < -0.39 is 6.04 Å².